The highest BCUT2D eigenvalue weighted by Gasteiger charge is 2.41. The fraction of sp³-hybridized carbons (Fsp3) is 0.526. The van der Waals surface area contributed by atoms with Crippen molar-refractivity contribution >= 4 is 6.09 Å². The van der Waals surface area contributed by atoms with Crippen LogP contribution in [0.25, 0.3) is 0 Å². The first kappa shape index (κ1) is 16.9. The molecule has 2 bridgehead atoms. The van der Waals surface area contributed by atoms with Gasteiger partial charge in [0.1, 0.15) is 17.2 Å². The van der Waals surface area contributed by atoms with Gasteiger partial charge in [-0.05, 0) is 58.1 Å². The number of hydrogen-bond donors (Lipinski definition) is 0. The largest absolute Gasteiger partial charge is 0.444 e. The van der Waals surface area contributed by atoms with Crippen molar-refractivity contribution in [3.63, 3.8) is 0 Å². The molecule has 3 rings (SSSR count). The summed E-state index contributed by atoms with van der Waals surface area (Å²) >= 11 is 0. The smallest absolute Gasteiger partial charge is 0.411 e. The number of nitrogens with zero attached hydrogens (tertiary/aromatic N) is 1. The summed E-state index contributed by atoms with van der Waals surface area (Å²) in [4.78, 5) is 14.2. The molecule has 2 aliphatic heterocycles. The van der Waals surface area contributed by atoms with Crippen molar-refractivity contribution in [3.05, 3.63) is 47.0 Å². The van der Waals surface area contributed by atoms with Gasteiger partial charge in [-0.2, -0.15) is 0 Å². The Balaban J connectivity index is 1.73. The summed E-state index contributed by atoms with van der Waals surface area (Å²) in [7, 11) is 0. The molecule has 5 heteroatoms. The molecule has 1 fully saturated rings. The van der Waals surface area contributed by atoms with Gasteiger partial charge in [0, 0.05) is 12.1 Å². The molecule has 1 saturated heterocycles. The number of amides is 1. The third-order valence-corrected chi connectivity index (χ3v) is 4.51. The second-order valence-electron chi connectivity index (χ2n) is 7.63. The van der Waals surface area contributed by atoms with Crippen LogP contribution in [0.15, 0.2) is 29.8 Å². The van der Waals surface area contributed by atoms with Crippen molar-refractivity contribution in [2.24, 2.45) is 0 Å². The van der Waals surface area contributed by atoms with E-state index in [1.165, 1.54) is 12.1 Å². The fourth-order valence-corrected chi connectivity index (χ4v) is 3.56. The van der Waals surface area contributed by atoms with Gasteiger partial charge >= 0.3 is 6.09 Å². The van der Waals surface area contributed by atoms with Crippen molar-refractivity contribution < 1.29 is 18.3 Å². The molecule has 2 atom stereocenters. The predicted octanol–water partition coefficient (Wildman–Crippen LogP) is 4.61. The van der Waals surface area contributed by atoms with Gasteiger partial charge in [0.2, 0.25) is 0 Å². The first-order valence-corrected chi connectivity index (χ1v) is 8.38. The number of fused-ring (bicyclic) bond motifs is 2. The van der Waals surface area contributed by atoms with Crippen molar-refractivity contribution in [1.29, 1.82) is 0 Å². The summed E-state index contributed by atoms with van der Waals surface area (Å²) in [5, 5.41) is 0. The van der Waals surface area contributed by atoms with Crippen molar-refractivity contribution in [1.82, 2.24) is 4.90 Å². The lowest BCUT2D eigenvalue weighted by atomic mass is 9.95. The van der Waals surface area contributed by atoms with E-state index in [-0.39, 0.29) is 18.2 Å². The first-order chi connectivity index (χ1) is 11.2. The number of hydrogen-bond acceptors (Lipinski definition) is 2. The van der Waals surface area contributed by atoms with Crippen LogP contribution in [0.2, 0.25) is 0 Å². The monoisotopic (exact) mass is 335 g/mol. The summed E-state index contributed by atoms with van der Waals surface area (Å²) in [6.45, 7) is 5.57. The van der Waals surface area contributed by atoms with Gasteiger partial charge < -0.3 is 4.74 Å². The van der Waals surface area contributed by atoms with Crippen LogP contribution in [0.1, 0.15) is 45.6 Å². The van der Waals surface area contributed by atoms with Gasteiger partial charge in [-0.15, -0.1) is 0 Å². The van der Waals surface area contributed by atoms with Crippen LogP contribution < -0.4 is 0 Å². The Morgan fingerprint density at radius 3 is 2.67 bits per heavy atom. The highest BCUT2D eigenvalue weighted by Crippen LogP contribution is 2.37. The standard InChI is InChI=1S/C19H23F2NO2/c1-19(2,3)24-18(23)22-15-6-7-16(22)10-12(9-15)8-13-4-5-14(20)11-17(13)21/h4-5,9,11,15-16H,6-8,10H2,1-3H3. The van der Waals surface area contributed by atoms with E-state index >= 15 is 0 Å². The van der Waals surface area contributed by atoms with Crippen LogP contribution in [0.3, 0.4) is 0 Å². The Labute approximate surface area is 141 Å². The third-order valence-electron chi connectivity index (χ3n) is 4.51. The first-order valence-electron chi connectivity index (χ1n) is 8.38. The molecule has 24 heavy (non-hydrogen) atoms. The summed E-state index contributed by atoms with van der Waals surface area (Å²) in [5.74, 6) is -1.08. The third kappa shape index (κ3) is 3.60. The van der Waals surface area contributed by atoms with Crippen LogP contribution >= 0.6 is 0 Å². The van der Waals surface area contributed by atoms with Gasteiger partial charge in [-0.1, -0.05) is 17.7 Å². The maximum atomic E-state index is 13.9. The summed E-state index contributed by atoms with van der Waals surface area (Å²) in [5.41, 5.74) is 1.08. The molecule has 0 aliphatic carbocycles. The van der Waals surface area contributed by atoms with E-state index in [2.05, 4.69) is 6.08 Å². The van der Waals surface area contributed by atoms with Gasteiger partial charge in [0.25, 0.3) is 0 Å². The molecule has 2 aliphatic rings. The summed E-state index contributed by atoms with van der Waals surface area (Å²) < 4.78 is 32.4. The van der Waals surface area contributed by atoms with Gasteiger partial charge in [0.05, 0.1) is 6.04 Å². The topological polar surface area (TPSA) is 29.5 Å². The van der Waals surface area contributed by atoms with Crippen molar-refractivity contribution in [2.75, 3.05) is 0 Å². The second-order valence-corrected chi connectivity index (χ2v) is 7.63. The summed E-state index contributed by atoms with van der Waals surface area (Å²) in [6, 6.07) is 3.81. The SMILES string of the molecule is CC(C)(C)OC(=O)N1C2C=C(Cc3ccc(F)cc3F)CC1CC2. The number of halogens is 2. The molecule has 0 saturated carbocycles. The molecular formula is C19H23F2NO2. The lowest BCUT2D eigenvalue weighted by Crippen LogP contribution is -2.45. The Bertz CT molecular complexity index is 678. The number of carbonyl (C=O) groups excluding carboxylic acids is 1. The highest BCUT2D eigenvalue weighted by atomic mass is 19.1. The Hall–Kier alpha value is -1.91. The van der Waals surface area contributed by atoms with Gasteiger partial charge in [-0.25, -0.2) is 13.6 Å². The fourth-order valence-electron chi connectivity index (χ4n) is 3.56. The normalized spacial score (nSPS) is 23.2. The quantitative estimate of drug-likeness (QED) is 0.739. The minimum absolute atomic E-state index is 0.0112. The minimum atomic E-state index is -0.565. The number of ether oxygens (including phenoxy) is 1. The molecule has 0 N–H and O–H groups in total. The maximum Gasteiger partial charge on any atom is 0.411 e. The predicted molar refractivity (Wildman–Crippen MR) is 87.6 cm³/mol. The zero-order valence-corrected chi connectivity index (χ0v) is 14.3. The van der Waals surface area contributed by atoms with E-state index in [1.807, 2.05) is 25.7 Å². The average molecular weight is 335 g/mol. The minimum Gasteiger partial charge on any atom is -0.444 e. The van der Waals surface area contributed by atoms with Crippen LogP contribution in [0.5, 0.6) is 0 Å². The van der Waals surface area contributed by atoms with E-state index in [9.17, 15) is 13.6 Å². The number of carbonyl (C=O) groups is 1. The summed E-state index contributed by atoms with van der Waals surface area (Å²) in [6.07, 6.45) is 4.78. The molecule has 0 spiro atoms. The molecule has 3 nitrogen and oxygen atoms in total. The van der Waals surface area contributed by atoms with Crippen molar-refractivity contribution in [3.8, 4) is 0 Å². The molecule has 0 aromatic heterocycles. The molecule has 130 valence electrons. The van der Waals surface area contributed by atoms with E-state index in [0.29, 0.717) is 18.4 Å². The Kier molecular flexibility index (Phi) is 4.37. The lowest BCUT2D eigenvalue weighted by Gasteiger charge is -2.35. The van der Waals surface area contributed by atoms with Gasteiger partial charge in [0.15, 0.2) is 0 Å². The van der Waals surface area contributed by atoms with Crippen molar-refractivity contribution in [2.45, 2.75) is 64.1 Å². The molecule has 1 aromatic carbocycles. The number of rotatable bonds is 2. The second kappa shape index (κ2) is 6.19. The van der Waals surface area contributed by atoms with E-state index in [1.54, 1.807) is 0 Å². The van der Waals surface area contributed by atoms with Crippen LogP contribution in [0, 0.1) is 11.6 Å². The Morgan fingerprint density at radius 2 is 2.04 bits per heavy atom. The van der Waals surface area contributed by atoms with Crippen LogP contribution in [-0.2, 0) is 11.2 Å². The molecular weight excluding hydrogens is 312 g/mol. The molecule has 1 aromatic rings. The maximum absolute atomic E-state index is 13.9. The van der Waals surface area contributed by atoms with E-state index < -0.39 is 17.2 Å². The molecule has 1 amide bonds. The van der Waals surface area contributed by atoms with E-state index in [0.717, 1.165) is 24.5 Å². The lowest BCUT2D eigenvalue weighted by molar-refractivity contribution is 0.0166. The molecule has 2 heterocycles. The Morgan fingerprint density at radius 1 is 1.29 bits per heavy atom. The molecule has 2 unspecified atom stereocenters. The molecule has 0 radical (unpaired) electrons. The van der Waals surface area contributed by atoms with E-state index in [4.69, 9.17) is 4.74 Å². The van der Waals surface area contributed by atoms with Gasteiger partial charge in [-0.3, -0.25) is 4.90 Å². The number of benzene rings is 1. The zero-order valence-electron chi connectivity index (χ0n) is 14.3. The van der Waals surface area contributed by atoms with Crippen LogP contribution in [-0.4, -0.2) is 28.7 Å². The average Bonchev–Trinajstić information content (AvgIpc) is 2.72. The van der Waals surface area contributed by atoms with Crippen LogP contribution in [0.4, 0.5) is 13.6 Å². The zero-order chi connectivity index (χ0) is 17.5. The highest BCUT2D eigenvalue weighted by molar-refractivity contribution is 5.70.